The first-order chi connectivity index (χ1) is 15.1. The van der Waals surface area contributed by atoms with Crippen LogP contribution < -0.4 is 19.6 Å². The van der Waals surface area contributed by atoms with E-state index in [0.29, 0.717) is 28.2 Å². The molecule has 1 aromatic heterocycles. The summed E-state index contributed by atoms with van der Waals surface area (Å²) >= 11 is 0. The second-order valence-corrected chi connectivity index (χ2v) is 7.40. The topological polar surface area (TPSA) is 84.2 Å². The third-order valence-electron chi connectivity index (χ3n) is 5.21. The Morgan fingerprint density at radius 3 is 2.45 bits per heavy atom. The molecule has 4 rings (SSSR count). The van der Waals surface area contributed by atoms with Gasteiger partial charge in [-0.3, -0.25) is 4.79 Å². The Kier molecular flexibility index (Phi) is 6.40. The number of ether oxygens (including phenoxy) is 4. The number of methoxy groups -OCH3 is 1. The molecule has 0 radical (unpaired) electrons. The molecular formula is C24H24O7. The first kappa shape index (κ1) is 20.8. The van der Waals surface area contributed by atoms with E-state index < -0.39 is 5.97 Å². The van der Waals surface area contributed by atoms with Gasteiger partial charge in [0.2, 0.25) is 11.2 Å². The Bertz CT molecular complexity index is 1100. The van der Waals surface area contributed by atoms with E-state index in [9.17, 15) is 9.59 Å². The lowest BCUT2D eigenvalue weighted by atomic mass is 9.98. The van der Waals surface area contributed by atoms with Crippen LogP contribution in [0.1, 0.15) is 32.1 Å². The largest absolute Gasteiger partial charge is 0.497 e. The molecule has 1 aliphatic rings. The maximum atomic E-state index is 12.7. The van der Waals surface area contributed by atoms with Crippen molar-refractivity contribution in [1.29, 1.82) is 0 Å². The maximum Gasteiger partial charge on any atom is 0.344 e. The van der Waals surface area contributed by atoms with Crippen molar-refractivity contribution >= 4 is 16.9 Å². The zero-order valence-electron chi connectivity index (χ0n) is 17.3. The molecule has 7 nitrogen and oxygen atoms in total. The minimum atomic E-state index is -0.392. The Morgan fingerprint density at radius 2 is 1.71 bits per heavy atom. The zero-order valence-corrected chi connectivity index (χ0v) is 17.3. The lowest BCUT2D eigenvalue weighted by Crippen LogP contribution is -2.24. The molecule has 7 heteroatoms. The van der Waals surface area contributed by atoms with Gasteiger partial charge >= 0.3 is 5.97 Å². The molecule has 1 fully saturated rings. The van der Waals surface area contributed by atoms with Crippen LogP contribution in [0.3, 0.4) is 0 Å². The summed E-state index contributed by atoms with van der Waals surface area (Å²) in [5.74, 6) is 1.27. The summed E-state index contributed by atoms with van der Waals surface area (Å²) < 4.78 is 27.3. The van der Waals surface area contributed by atoms with Gasteiger partial charge in [-0.05, 0) is 62.1 Å². The molecule has 0 bridgehead atoms. The third-order valence-corrected chi connectivity index (χ3v) is 5.21. The number of hydrogen-bond acceptors (Lipinski definition) is 7. The van der Waals surface area contributed by atoms with Crippen molar-refractivity contribution in [2.24, 2.45) is 0 Å². The van der Waals surface area contributed by atoms with Gasteiger partial charge in [0.05, 0.1) is 12.5 Å². The molecule has 0 amide bonds. The highest BCUT2D eigenvalue weighted by atomic mass is 16.6. The first-order valence-corrected chi connectivity index (χ1v) is 10.3. The van der Waals surface area contributed by atoms with Gasteiger partial charge in [0, 0.05) is 6.07 Å². The van der Waals surface area contributed by atoms with Gasteiger partial charge in [-0.25, -0.2) is 4.79 Å². The van der Waals surface area contributed by atoms with Crippen LogP contribution in [0.2, 0.25) is 0 Å². The van der Waals surface area contributed by atoms with Crippen LogP contribution in [-0.4, -0.2) is 25.8 Å². The molecule has 0 atom stereocenters. The molecule has 0 aliphatic heterocycles. The fourth-order valence-electron chi connectivity index (χ4n) is 3.57. The zero-order chi connectivity index (χ0) is 21.6. The van der Waals surface area contributed by atoms with Crippen LogP contribution in [0.5, 0.6) is 23.0 Å². The molecule has 1 aliphatic carbocycles. The van der Waals surface area contributed by atoms with Gasteiger partial charge in [0.25, 0.3) is 0 Å². The number of fused-ring (bicyclic) bond motifs is 1. The Hall–Kier alpha value is -3.48. The van der Waals surface area contributed by atoms with E-state index in [4.69, 9.17) is 23.4 Å². The van der Waals surface area contributed by atoms with Crippen molar-refractivity contribution in [2.75, 3.05) is 13.7 Å². The highest BCUT2D eigenvalue weighted by molar-refractivity contribution is 5.79. The van der Waals surface area contributed by atoms with Crippen LogP contribution in [0.15, 0.2) is 57.9 Å². The quantitative estimate of drug-likeness (QED) is 0.501. The molecule has 1 heterocycles. The van der Waals surface area contributed by atoms with Crippen LogP contribution >= 0.6 is 0 Å². The summed E-state index contributed by atoms with van der Waals surface area (Å²) in [4.78, 5) is 24.7. The maximum absolute atomic E-state index is 12.7. The number of carbonyl (C=O) groups is 1. The van der Waals surface area contributed by atoms with Gasteiger partial charge < -0.3 is 23.4 Å². The van der Waals surface area contributed by atoms with Crippen LogP contribution in [0.4, 0.5) is 0 Å². The fourth-order valence-corrected chi connectivity index (χ4v) is 3.57. The predicted octanol–water partition coefficient (Wildman–Crippen LogP) is 4.85. The Balaban J connectivity index is 1.41. The minimum absolute atomic E-state index is 0.0106. The van der Waals surface area contributed by atoms with Gasteiger partial charge in [-0.1, -0.05) is 6.42 Å². The number of rotatable bonds is 7. The first-order valence-electron chi connectivity index (χ1n) is 10.3. The Morgan fingerprint density at radius 1 is 1.00 bits per heavy atom. The van der Waals surface area contributed by atoms with Crippen LogP contribution in [0.25, 0.3) is 11.0 Å². The van der Waals surface area contributed by atoms with E-state index in [1.54, 1.807) is 49.6 Å². The molecular weight excluding hydrogens is 400 g/mol. The summed E-state index contributed by atoms with van der Waals surface area (Å²) in [5, 5.41) is 0.350. The summed E-state index contributed by atoms with van der Waals surface area (Å²) in [6, 6.07) is 11.6. The van der Waals surface area contributed by atoms with Gasteiger partial charge in [0.15, 0.2) is 6.61 Å². The van der Waals surface area contributed by atoms with E-state index in [2.05, 4.69) is 0 Å². The van der Waals surface area contributed by atoms with E-state index in [1.165, 1.54) is 12.7 Å². The highest BCUT2D eigenvalue weighted by Gasteiger charge is 2.18. The highest BCUT2D eigenvalue weighted by Crippen LogP contribution is 2.25. The standard InChI is InChI=1S/C24H24O7/c1-27-16-7-9-18(10-8-16)30-22-14-29-21-13-19(11-12-20(21)24(22)26)28-15-23(25)31-17-5-3-2-4-6-17/h7-14,17H,2-6,15H2,1H3. The number of benzene rings is 2. The average Bonchev–Trinajstić information content (AvgIpc) is 2.80. The van der Waals surface area contributed by atoms with Crippen molar-refractivity contribution in [3.05, 3.63) is 59.0 Å². The van der Waals surface area contributed by atoms with Gasteiger partial charge in [0.1, 0.15) is 35.2 Å². The molecule has 1 saturated carbocycles. The van der Waals surface area contributed by atoms with Crippen molar-refractivity contribution in [3.8, 4) is 23.0 Å². The molecule has 0 unspecified atom stereocenters. The van der Waals surface area contributed by atoms with E-state index in [-0.39, 0.29) is 23.9 Å². The van der Waals surface area contributed by atoms with Gasteiger partial charge in [-0.15, -0.1) is 0 Å². The van der Waals surface area contributed by atoms with Crippen molar-refractivity contribution < 1.29 is 28.2 Å². The van der Waals surface area contributed by atoms with Crippen molar-refractivity contribution in [3.63, 3.8) is 0 Å². The van der Waals surface area contributed by atoms with E-state index >= 15 is 0 Å². The molecule has 0 N–H and O–H groups in total. The average molecular weight is 424 g/mol. The lowest BCUT2D eigenvalue weighted by molar-refractivity contribution is -0.152. The van der Waals surface area contributed by atoms with E-state index in [0.717, 1.165) is 25.7 Å². The molecule has 2 aromatic carbocycles. The minimum Gasteiger partial charge on any atom is -0.497 e. The summed E-state index contributed by atoms with van der Waals surface area (Å²) in [7, 11) is 1.57. The summed E-state index contributed by atoms with van der Waals surface area (Å²) in [6.07, 6.45) is 6.44. The normalized spacial score (nSPS) is 14.2. The second kappa shape index (κ2) is 9.55. The molecule has 3 aromatic rings. The monoisotopic (exact) mass is 424 g/mol. The molecule has 31 heavy (non-hydrogen) atoms. The lowest BCUT2D eigenvalue weighted by Gasteiger charge is -2.21. The van der Waals surface area contributed by atoms with Gasteiger partial charge in [-0.2, -0.15) is 0 Å². The second-order valence-electron chi connectivity index (χ2n) is 7.40. The molecule has 0 saturated heterocycles. The molecule has 162 valence electrons. The third kappa shape index (κ3) is 5.17. The summed E-state index contributed by atoms with van der Waals surface area (Å²) in [5.41, 5.74) is 0.0329. The SMILES string of the molecule is COc1ccc(Oc2coc3cc(OCC(=O)OC4CCCCC4)ccc3c2=O)cc1. The predicted molar refractivity (Wildman–Crippen MR) is 114 cm³/mol. The number of carbonyl (C=O) groups excluding carboxylic acids is 1. The molecule has 0 spiro atoms. The van der Waals surface area contributed by atoms with E-state index in [1.807, 2.05) is 0 Å². The van der Waals surface area contributed by atoms with Crippen molar-refractivity contribution in [1.82, 2.24) is 0 Å². The fraction of sp³-hybridized carbons (Fsp3) is 0.333. The van der Waals surface area contributed by atoms with Crippen LogP contribution in [0, 0.1) is 0 Å². The smallest absolute Gasteiger partial charge is 0.344 e. The van der Waals surface area contributed by atoms with Crippen LogP contribution in [-0.2, 0) is 9.53 Å². The number of hydrogen-bond donors (Lipinski definition) is 0. The Labute approximate surface area is 179 Å². The number of esters is 1. The van der Waals surface area contributed by atoms with Crippen molar-refractivity contribution in [2.45, 2.75) is 38.2 Å². The summed E-state index contributed by atoms with van der Waals surface area (Å²) in [6.45, 7) is -0.190.